The van der Waals surface area contributed by atoms with Crippen molar-refractivity contribution in [1.29, 1.82) is 0 Å². The highest BCUT2D eigenvalue weighted by Crippen LogP contribution is 2.21. The summed E-state index contributed by atoms with van der Waals surface area (Å²) in [6.45, 7) is 0. The molecule has 0 atom stereocenters. The molecular weight excluding hydrogens is 206 g/mol. The van der Waals surface area contributed by atoms with Crippen LogP contribution in [0.1, 0.15) is 37.7 Å². The summed E-state index contributed by atoms with van der Waals surface area (Å²) in [6, 6.07) is 10.5. The number of hydrogen-bond donors (Lipinski definition) is 0. The third kappa shape index (κ3) is 3.07. The van der Waals surface area contributed by atoms with Gasteiger partial charge in [-0.05, 0) is 12.8 Å². The first-order valence-electron chi connectivity index (χ1n) is 5.65. The monoisotopic (exact) mass is 221 g/mol. The number of halogens is 1. The average molecular weight is 222 g/mol. The van der Waals surface area contributed by atoms with E-state index in [4.69, 9.17) is 11.6 Å². The Hall–Kier alpha value is -0.820. The molecule has 1 saturated carbocycles. The standard InChI is InChI=1S/C13H16ClN/c14-13(11-7-3-1-4-8-11)15-12-9-5-2-6-10-12/h1,3-4,7-8,12H,2,5-6,9-10H2. The normalized spacial score (nSPS) is 19.1. The topological polar surface area (TPSA) is 12.4 Å². The van der Waals surface area contributed by atoms with Crippen molar-refractivity contribution in [2.24, 2.45) is 4.99 Å². The van der Waals surface area contributed by atoms with E-state index in [1.807, 2.05) is 30.3 Å². The minimum absolute atomic E-state index is 0.450. The summed E-state index contributed by atoms with van der Waals surface area (Å²) < 4.78 is 0. The molecule has 0 aromatic heterocycles. The summed E-state index contributed by atoms with van der Waals surface area (Å²) >= 11 is 6.19. The van der Waals surface area contributed by atoms with Crippen molar-refractivity contribution in [3.63, 3.8) is 0 Å². The molecule has 1 nitrogen and oxygen atoms in total. The second-order valence-corrected chi connectivity index (χ2v) is 4.44. The first-order chi connectivity index (χ1) is 7.36. The second kappa shape index (κ2) is 5.32. The maximum absolute atomic E-state index is 6.19. The van der Waals surface area contributed by atoms with Gasteiger partial charge in [0.1, 0.15) is 5.17 Å². The lowest BCUT2D eigenvalue weighted by Gasteiger charge is -2.17. The summed E-state index contributed by atoms with van der Waals surface area (Å²) in [5.74, 6) is 0. The van der Waals surface area contributed by atoms with Crippen LogP contribution >= 0.6 is 11.6 Å². The van der Waals surface area contributed by atoms with E-state index in [1.54, 1.807) is 0 Å². The number of hydrogen-bond acceptors (Lipinski definition) is 1. The highest BCUT2D eigenvalue weighted by molar-refractivity contribution is 6.69. The summed E-state index contributed by atoms with van der Waals surface area (Å²) in [5.41, 5.74) is 1.03. The quantitative estimate of drug-likeness (QED) is 0.670. The lowest BCUT2D eigenvalue weighted by molar-refractivity contribution is 0.444. The molecule has 0 amide bonds. The Balaban J connectivity index is 2.06. The second-order valence-electron chi connectivity index (χ2n) is 4.08. The van der Waals surface area contributed by atoms with Gasteiger partial charge in [-0.1, -0.05) is 61.2 Å². The lowest BCUT2D eigenvalue weighted by atomic mass is 9.96. The van der Waals surface area contributed by atoms with Crippen molar-refractivity contribution in [1.82, 2.24) is 0 Å². The molecule has 0 bridgehead atoms. The van der Waals surface area contributed by atoms with E-state index < -0.39 is 0 Å². The highest BCUT2D eigenvalue weighted by atomic mass is 35.5. The summed E-state index contributed by atoms with van der Waals surface area (Å²) in [6.07, 6.45) is 6.35. The van der Waals surface area contributed by atoms with Gasteiger partial charge in [-0.25, -0.2) is 0 Å². The molecule has 1 aliphatic carbocycles. The van der Waals surface area contributed by atoms with Crippen LogP contribution < -0.4 is 0 Å². The zero-order valence-corrected chi connectivity index (χ0v) is 9.58. The molecule has 0 radical (unpaired) electrons. The van der Waals surface area contributed by atoms with E-state index in [-0.39, 0.29) is 0 Å². The van der Waals surface area contributed by atoms with Gasteiger partial charge in [-0.15, -0.1) is 0 Å². The van der Waals surface area contributed by atoms with Crippen molar-refractivity contribution in [2.75, 3.05) is 0 Å². The summed E-state index contributed by atoms with van der Waals surface area (Å²) in [4.78, 5) is 4.59. The third-order valence-electron chi connectivity index (χ3n) is 2.88. The SMILES string of the molecule is ClC(=NC1CCCCC1)c1ccccc1. The molecule has 1 aromatic carbocycles. The molecule has 80 valence electrons. The molecule has 15 heavy (non-hydrogen) atoms. The predicted octanol–water partition coefficient (Wildman–Crippen LogP) is 4.00. The smallest absolute Gasteiger partial charge is 0.131 e. The van der Waals surface area contributed by atoms with Gasteiger partial charge >= 0.3 is 0 Å². The first-order valence-corrected chi connectivity index (χ1v) is 6.03. The highest BCUT2D eigenvalue weighted by Gasteiger charge is 2.12. The number of nitrogens with zero attached hydrogens (tertiary/aromatic N) is 1. The van der Waals surface area contributed by atoms with Gasteiger partial charge in [0.2, 0.25) is 0 Å². The minimum Gasteiger partial charge on any atom is -0.269 e. The van der Waals surface area contributed by atoms with E-state index in [1.165, 1.54) is 32.1 Å². The van der Waals surface area contributed by atoms with Gasteiger partial charge < -0.3 is 0 Å². The zero-order chi connectivity index (χ0) is 10.5. The van der Waals surface area contributed by atoms with Gasteiger partial charge in [-0.3, -0.25) is 4.99 Å². The van der Waals surface area contributed by atoms with E-state index in [0.29, 0.717) is 11.2 Å². The van der Waals surface area contributed by atoms with Crippen LogP contribution in [0.15, 0.2) is 35.3 Å². The van der Waals surface area contributed by atoms with Crippen LogP contribution in [0.3, 0.4) is 0 Å². The lowest BCUT2D eigenvalue weighted by Crippen LogP contribution is -2.11. The number of rotatable bonds is 2. The van der Waals surface area contributed by atoms with Crippen LogP contribution in [0.25, 0.3) is 0 Å². The minimum atomic E-state index is 0.450. The largest absolute Gasteiger partial charge is 0.269 e. The molecule has 0 aliphatic heterocycles. The molecule has 0 unspecified atom stereocenters. The fraction of sp³-hybridized carbons (Fsp3) is 0.462. The van der Waals surface area contributed by atoms with Gasteiger partial charge in [0.05, 0.1) is 6.04 Å². The van der Waals surface area contributed by atoms with E-state index >= 15 is 0 Å². The van der Waals surface area contributed by atoms with Gasteiger partial charge in [0, 0.05) is 5.56 Å². The fourth-order valence-corrected chi connectivity index (χ4v) is 2.28. The van der Waals surface area contributed by atoms with Gasteiger partial charge in [-0.2, -0.15) is 0 Å². The van der Waals surface area contributed by atoms with Crippen molar-refractivity contribution >= 4 is 16.8 Å². The number of benzene rings is 1. The molecule has 1 aliphatic rings. The summed E-state index contributed by atoms with van der Waals surface area (Å²) in [5, 5.41) is 0.669. The van der Waals surface area contributed by atoms with Crippen LogP contribution in [0.4, 0.5) is 0 Å². The van der Waals surface area contributed by atoms with Crippen LogP contribution in [-0.4, -0.2) is 11.2 Å². The molecule has 1 fully saturated rings. The fourth-order valence-electron chi connectivity index (χ4n) is 2.02. The first kappa shape index (κ1) is 10.7. The third-order valence-corrected chi connectivity index (χ3v) is 3.20. The zero-order valence-electron chi connectivity index (χ0n) is 8.82. The average Bonchev–Trinajstić information content (AvgIpc) is 2.31. The van der Waals surface area contributed by atoms with E-state index in [9.17, 15) is 0 Å². The van der Waals surface area contributed by atoms with Gasteiger partial charge in [0.15, 0.2) is 0 Å². The van der Waals surface area contributed by atoms with Crippen LogP contribution in [-0.2, 0) is 0 Å². The molecule has 0 spiro atoms. The molecule has 0 saturated heterocycles. The summed E-state index contributed by atoms with van der Waals surface area (Å²) in [7, 11) is 0. The Morgan fingerprint density at radius 2 is 1.73 bits per heavy atom. The van der Waals surface area contributed by atoms with Crippen molar-refractivity contribution in [3.8, 4) is 0 Å². The van der Waals surface area contributed by atoms with Crippen LogP contribution in [0.2, 0.25) is 0 Å². The maximum Gasteiger partial charge on any atom is 0.131 e. The molecule has 2 rings (SSSR count). The van der Waals surface area contributed by atoms with Crippen molar-refractivity contribution in [2.45, 2.75) is 38.1 Å². The van der Waals surface area contributed by atoms with E-state index in [0.717, 1.165) is 5.56 Å². The Morgan fingerprint density at radius 3 is 2.40 bits per heavy atom. The molecule has 0 N–H and O–H groups in total. The Kier molecular flexibility index (Phi) is 3.79. The molecule has 1 aromatic rings. The van der Waals surface area contributed by atoms with Crippen LogP contribution in [0.5, 0.6) is 0 Å². The Morgan fingerprint density at radius 1 is 1.07 bits per heavy atom. The van der Waals surface area contributed by atoms with Crippen LogP contribution in [0, 0.1) is 0 Å². The Labute approximate surface area is 96.2 Å². The van der Waals surface area contributed by atoms with Gasteiger partial charge in [0.25, 0.3) is 0 Å². The Bertz CT molecular complexity index is 326. The maximum atomic E-state index is 6.19. The predicted molar refractivity (Wildman–Crippen MR) is 65.7 cm³/mol. The van der Waals surface area contributed by atoms with E-state index in [2.05, 4.69) is 4.99 Å². The molecular formula is C13H16ClN. The van der Waals surface area contributed by atoms with Crippen molar-refractivity contribution < 1.29 is 0 Å². The molecule has 0 heterocycles. The molecule has 2 heteroatoms. The number of aliphatic imine (C=N–C) groups is 1. The van der Waals surface area contributed by atoms with Crippen molar-refractivity contribution in [3.05, 3.63) is 35.9 Å².